The Morgan fingerprint density at radius 3 is 2.76 bits per heavy atom. The van der Waals surface area contributed by atoms with Crippen molar-refractivity contribution in [2.45, 2.75) is 12.8 Å². The molecule has 0 aliphatic rings. The number of carbonyl (C=O) groups is 1. The van der Waals surface area contributed by atoms with Crippen LogP contribution in [-0.4, -0.2) is 5.78 Å². The number of carbonyl (C=O) groups excluding carboxylic acids is 1. The van der Waals surface area contributed by atoms with Crippen LogP contribution in [0.5, 0.6) is 0 Å². The second-order valence-corrected chi connectivity index (χ2v) is 4.95. The standard InChI is InChI=1S/C13H10ClFOS/c14-13-7-11(15)2-1-10(13)6-12(16)5-9-3-4-17-8-9/h1-4,7-8H,5-6H2. The van der Waals surface area contributed by atoms with E-state index in [1.807, 2.05) is 16.8 Å². The zero-order chi connectivity index (χ0) is 12.3. The van der Waals surface area contributed by atoms with Crippen LogP contribution >= 0.6 is 22.9 Å². The van der Waals surface area contributed by atoms with E-state index in [2.05, 4.69) is 0 Å². The second kappa shape index (κ2) is 5.43. The van der Waals surface area contributed by atoms with Crippen LogP contribution in [0.3, 0.4) is 0 Å². The molecule has 0 saturated heterocycles. The molecule has 2 aromatic rings. The van der Waals surface area contributed by atoms with Crippen LogP contribution in [0.1, 0.15) is 11.1 Å². The lowest BCUT2D eigenvalue weighted by molar-refractivity contribution is -0.117. The van der Waals surface area contributed by atoms with Gasteiger partial charge in [0.1, 0.15) is 11.6 Å². The Labute approximate surface area is 108 Å². The van der Waals surface area contributed by atoms with Gasteiger partial charge in [-0.3, -0.25) is 4.79 Å². The molecule has 0 fully saturated rings. The van der Waals surface area contributed by atoms with Crippen molar-refractivity contribution in [2.75, 3.05) is 0 Å². The third kappa shape index (κ3) is 3.38. The van der Waals surface area contributed by atoms with Crippen molar-refractivity contribution in [1.82, 2.24) is 0 Å². The molecular weight excluding hydrogens is 259 g/mol. The Morgan fingerprint density at radius 2 is 2.12 bits per heavy atom. The summed E-state index contributed by atoms with van der Waals surface area (Å²) in [6.07, 6.45) is 0.645. The maximum absolute atomic E-state index is 12.8. The molecule has 0 aliphatic carbocycles. The van der Waals surface area contributed by atoms with Gasteiger partial charge in [0.25, 0.3) is 0 Å². The molecule has 0 radical (unpaired) electrons. The molecule has 1 aromatic heterocycles. The van der Waals surface area contributed by atoms with Crippen LogP contribution in [0.2, 0.25) is 5.02 Å². The summed E-state index contributed by atoms with van der Waals surface area (Å²) in [5, 5.41) is 4.20. The number of Topliss-reactive ketones (excluding diaryl/α,β-unsaturated/α-hetero) is 1. The third-order valence-electron chi connectivity index (χ3n) is 2.38. The Bertz CT molecular complexity index is 522. The molecule has 0 aliphatic heterocycles. The Hall–Kier alpha value is -1.19. The molecule has 0 unspecified atom stereocenters. The molecule has 0 spiro atoms. The van der Waals surface area contributed by atoms with Crippen molar-refractivity contribution in [2.24, 2.45) is 0 Å². The van der Waals surface area contributed by atoms with E-state index < -0.39 is 0 Å². The van der Waals surface area contributed by atoms with Gasteiger partial charge >= 0.3 is 0 Å². The molecule has 0 bridgehead atoms. The fourth-order valence-corrected chi connectivity index (χ4v) is 2.46. The topological polar surface area (TPSA) is 17.1 Å². The van der Waals surface area contributed by atoms with Gasteiger partial charge in [-0.25, -0.2) is 4.39 Å². The first-order valence-corrected chi connectivity index (χ1v) is 6.44. The first kappa shape index (κ1) is 12.3. The van der Waals surface area contributed by atoms with Crippen molar-refractivity contribution < 1.29 is 9.18 Å². The van der Waals surface area contributed by atoms with E-state index in [4.69, 9.17) is 11.6 Å². The van der Waals surface area contributed by atoms with E-state index >= 15 is 0 Å². The molecule has 88 valence electrons. The molecule has 0 saturated carbocycles. The summed E-state index contributed by atoms with van der Waals surface area (Å²) in [7, 11) is 0. The summed E-state index contributed by atoms with van der Waals surface area (Å²) in [4.78, 5) is 11.8. The normalized spacial score (nSPS) is 10.5. The lowest BCUT2D eigenvalue weighted by Gasteiger charge is -2.03. The smallest absolute Gasteiger partial charge is 0.141 e. The Morgan fingerprint density at radius 1 is 1.29 bits per heavy atom. The monoisotopic (exact) mass is 268 g/mol. The SMILES string of the molecule is O=C(Cc1ccsc1)Cc1ccc(F)cc1Cl. The zero-order valence-corrected chi connectivity index (χ0v) is 10.5. The number of benzene rings is 1. The molecule has 1 nitrogen and oxygen atoms in total. The predicted molar refractivity (Wildman–Crippen MR) is 68.1 cm³/mol. The highest BCUT2D eigenvalue weighted by molar-refractivity contribution is 7.08. The van der Waals surface area contributed by atoms with Gasteiger partial charge < -0.3 is 0 Å². The number of hydrogen-bond donors (Lipinski definition) is 0. The molecule has 1 heterocycles. The molecule has 0 atom stereocenters. The second-order valence-electron chi connectivity index (χ2n) is 3.76. The summed E-state index contributed by atoms with van der Waals surface area (Å²) in [5.74, 6) is -0.305. The Balaban J connectivity index is 2.03. The first-order valence-electron chi connectivity index (χ1n) is 5.12. The summed E-state index contributed by atoms with van der Waals surface area (Å²) >= 11 is 7.43. The number of hydrogen-bond acceptors (Lipinski definition) is 2. The summed E-state index contributed by atoms with van der Waals surface area (Å²) in [6.45, 7) is 0. The van der Waals surface area contributed by atoms with Crippen LogP contribution < -0.4 is 0 Å². The average molecular weight is 269 g/mol. The van der Waals surface area contributed by atoms with Crippen LogP contribution in [-0.2, 0) is 17.6 Å². The molecule has 17 heavy (non-hydrogen) atoms. The minimum absolute atomic E-state index is 0.0805. The lowest BCUT2D eigenvalue weighted by Crippen LogP contribution is -2.06. The molecule has 0 amide bonds. The minimum atomic E-state index is -0.385. The lowest BCUT2D eigenvalue weighted by atomic mass is 10.0. The maximum Gasteiger partial charge on any atom is 0.141 e. The molecule has 4 heteroatoms. The average Bonchev–Trinajstić information content (AvgIpc) is 2.75. The van der Waals surface area contributed by atoms with Gasteiger partial charge in [0.15, 0.2) is 0 Å². The first-order chi connectivity index (χ1) is 8.15. The fraction of sp³-hybridized carbons (Fsp3) is 0.154. The molecule has 1 aromatic carbocycles. The predicted octanol–water partition coefficient (Wildman–Crippen LogP) is 3.89. The van der Waals surface area contributed by atoms with E-state index in [0.717, 1.165) is 5.56 Å². The molecular formula is C13H10ClFOS. The molecule has 0 N–H and O–H groups in total. The minimum Gasteiger partial charge on any atom is -0.299 e. The van der Waals surface area contributed by atoms with E-state index in [1.165, 1.54) is 12.1 Å². The number of ketones is 1. The van der Waals surface area contributed by atoms with Gasteiger partial charge in [0.2, 0.25) is 0 Å². The van der Waals surface area contributed by atoms with Crippen LogP contribution in [0, 0.1) is 5.82 Å². The van der Waals surface area contributed by atoms with Crippen molar-refractivity contribution in [3.8, 4) is 0 Å². The largest absolute Gasteiger partial charge is 0.299 e. The maximum atomic E-state index is 12.8. The van der Waals surface area contributed by atoms with E-state index in [1.54, 1.807) is 17.4 Å². The van der Waals surface area contributed by atoms with Gasteiger partial charge in [-0.1, -0.05) is 17.7 Å². The van der Waals surface area contributed by atoms with Gasteiger partial charge in [-0.05, 0) is 40.1 Å². The van der Waals surface area contributed by atoms with Crippen molar-refractivity contribution in [1.29, 1.82) is 0 Å². The van der Waals surface area contributed by atoms with Crippen LogP contribution in [0.15, 0.2) is 35.0 Å². The number of halogens is 2. The quantitative estimate of drug-likeness (QED) is 0.822. The fourth-order valence-electron chi connectivity index (χ4n) is 1.56. The zero-order valence-electron chi connectivity index (χ0n) is 8.95. The van der Waals surface area contributed by atoms with E-state index in [9.17, 15) is 9.18 Å². The number of rotatable bonds is 4. The number of thiophene rings is 1. The summed E-state index contributed by atoms with van der Waals surface area (Å²) in [6, 6.07) is 6.03. The van der Waals surface area contributed by atoms with Crippen molar-refractivity contribution in [3.05, 3.63) is 57.0 Å². The van der Waals surface area contributed by atoms with Gasteiger partial charge in [-0.15, -0.1) is 0 Å². The van der Waals surface area contributed by atoms with Gasteiger partial charge in [-0.2, -0.15) is 11.3 Å². The Kier molecular flexibility index (Phi) is 3.92. The van der Waals surface area contributed by atoms with E-state index in [0.29, 0.717) is 17.0 Å². The van der Waals surface area contributed by atoms with Gasteiger partial charge in [0, 0.05) is 17.9 Å². The summed E-state index contributed by atoms with van der Waals surface area (Å²) < 4.78 is 12.8. The highest BCUT2D eigenvalue weighted by atomic mass is 35.5. The van der Waals surface area contributed by atoms with Gasteiger partial charge in [0.05, 0.1) is 0 Å². The third-order valence-corrected chi connectivity index (χ3v) is 3.47. The highest BCUT2D eigenvalue weighted by Crippen LogP contribution is 2.18. The molecule has 2 rings (SSSR count). The summed E-state index contributed by atoms with van der Waals surface area (Å²) in [5.41, 5.74) is 1.69. The van der Waals surface area contributed by atoms with Crippen LogP contribution in [0.25, 0.3) is 0 Å². The van der Waals surface area contributed by atoms with Crippen molar-refractivity contribution >= 4 is 28.7 Å². The van der Waals surface area contributed by atoms with Crippen molar-refractivity contribution in [3.63, 3.8) is 0 Å². The van der Waals surface area contributed by atoms with Crippen LogP contribution in [0.4, 0.5) is 4.39 Å². The van der Waals surface area contributed by atoms with E-state index in [-0.39, 0.29) is 18.0 Å². The highest BCUT2D eigenvalue weighted by Gasteiger charge is 2.09.